The van der Waals surface area contributed by atoms with Crippen molar-refractivity contribution in [3.05, 3.63) is 71.3 Å². The number of hydrogen-bond donors (Lipinski definition) is 1. The Kier molecular flexibility index (Phi) is 4.50. The molecule has 0 amide bonds. The zero-order chi connectivity index (χ0) is 15.5. The number of halogens is 2. The van der Waals surface area contributed by atoms with E-state index in [9.17, 15) is 13.9 Å². The summed E-state index contributed by atoms with van der Waals surface area (Å²) in [5.41, 5.74) is 1.32. The van der Waals surface area contributed by atoms with Gasteiger partial charge in [-0.1, -0.05) is 30.3 Å². The summed E-state index contributed by atoms with van der Waals surface area (Å²) in [5.74, 6) is -0.655. The Morgan fingerprint density at radius 1 is 1.14 bits per heavy atom. The number of rotatable bonds is 4. The zero-order valence-corrected chi connectivity index (χ0v) is 12.3. The summed E-state index contributed by atoms with van der Waals surface area (Å²) in [5, 5.41) is 10.2. The van der Waals surface area contributed by atoms with Crippen molar-refractivity contribution in [2.45, 2.75) is 18.4 Å². The van der Waals surface area contributed by atoms with E-state index < -0.39 is 17.7 Å². The average Bonchev–Trinajstić information content (AvgIpc) is 2.99. The molecule has 2 aromatic carbocycles. The van der Waals surface area contributed by atoms with Crippen molar-refractivity contribution >= 4 is 0 Å². The molecule has 1 fully saturated rings. The van der Waals surface area contributed by atoms with Crippen LogP contribution in [0.5, 0.6) is 0 Å². The van der Waals surface area contributed by atoms with E-state index in [1.807, 2.05) is 18.2 Å². The van der Waals surface area contributed by atoms with Crippen LogP contribution in [0, 0.1) is 11.6 Å². The molecule has 22 heavy (non-hydrogen) atoms. The van der Waals surface area contributed by atoms with E-state index in [2.05, 4.69) is 17.0 Å². The molecule has 0 saturated carbocycles. The van der Waals surface area contributed by atoms with E-state index in [1.54, 1.807) is 0 Å². The normalized spacial score (nSPS) is 20.2. The quantitative estimate of drug-likeness (QED) is 0.934. The zero-order valence-electron chi connectivity index (χ0n) is 12.3. The smallest absolute Gasteiger partial charge is 0.129 e. The Hall–Kier alpha value is -1.78. The molecule has 1 heterocycles. The van der Waals surface area contributed by atoms with Crippen LogP contribution in [0.2, 0.25) is 0 Å². The summed E-state index contributed by atoms with van der Waals surface area (Å²) in [6.45, 7) is 2.01. The number of benzene rings is 2. The third-order valence-electron chi connectivity index (χ3n) is 4.29. The van der Waals surface area contributed by atoms with Crippen LogP contribution >= 0.6 is 0 Å². The Balaban J connectivity index is 1.63. The summed E-state index contributed by atoms with van der Waals surface area (Å²) < 4.78 is 26.9. The average molecular weight is 303 g/mol. The molecule has 2 aromatic rings. The van der Waals surface area contributed by atoms with Gasteiger partial charge in [-0.15, -0.1) is 0 Å². The lowest BCUT2D eigenvalue weighted by Gasteiger charge is -2.21. The Morgan fingerprint density at radius 2 is 1.91 bits per heavy atom. The van der Waals surface area contributed by atoms with Crippen LogP contribution in [0.4, 0.5) is 8.78 Å². The maximum atomic E-state index is 13.7. The summed E-state index contributed by atoms with van der Waals surface area (Å²) in [6, 6.07) is 13.5. The maximum Gasteiger partial charge on any atom is 0.129 e. The molecule has 3 rings (SSSR count). The molecule has 1 aliphatic heterocycles. The van der Waals surface area contributed by atoms with Crippen molar-refractivity contribution in [1.29, 1.82) is 0 Å². The second kappa shape index (κ2) is 6.55. The summed E-state index contributed by atoms with van der Waals surface area (Å²) >= 11 is 0. The van der Waals surface area contributed by atoms with Crippen molar-refractivity contribution in [3.8, 4) is 0 Å². The van der Waals surface area contributed by atoms with Gasteiger partial charge in [-0.05, 0) is 42.6 Å². The largest absolute Gasteiger partial charge is 0.387 e. The number of likely N-dealkylation sites (tertiary alicyclic amines) is 1. The molecule has 0 radical (unpaired) electrons. The van der Waals surface area contributed by atoms with Crippen LogP contribution in [0.1, 0.15) is 29.6 Å². The highest BCUT2D eigenvalue weighted by Crippen LogP contribution is 2.29. The van der Waals surface area contributed by atoms with Crippen molar-refractivity contribution in [2.24, 2.45) is 0 Å². The topological polar surface area (TPSA) is 23.5 Å². The van der Waals surface area contributed by atoms with E-state index in [1.165, 1.54) is 5.56 Å². The molecule has 116 valence electrons. The molecule has 1 N–H and O–H groups in total. The van der Waals surface area contributed by atoms with Crippen LogP contribution in [0.15, 0.2) is 48.5 Å². The molecular formula is C18H19F2NO. The van der Waals surface area contributed by atoms with E-state index in [-0.39, 0.29) is 5.56 Å². The first-order chi connectivity index (χ1) is 10.6. The van der Waals surface area contributed by atoms with Gasteiger partial charge < -0.3 is 5.11 Å². The van der Waals surface area contributed by atoms with Crippen LogP contribution in [-0.4, -0.2) is 29.6 Å². The van der Waals surface area contributed by atoms with E-state index in [0.717, 1.165) is 37.7 Å². The van der Waals surface area contributed by atoms with Gasteiger partial charge in [-0.2, -0.15) is 0 Å². The third kappa shape index (κ3) is 3.34. The number of aliphatic hydroxyl groups is 1. The second-order valence-electron chi connectivity index (χ2n) is 5.84. The lowest BCUT2D eigenvalue weighted by molar-refractivity contribution is 0.122. The molecule has 2 atom stereocenters. The second-order valence-corrected chi connectivity index (χ2v) is 5.84. The standard InChI is InChI=1S/C18H19F2NO/c19-15-6-7-17(20)16(10-15)18(22)12-21-9-8-14(11-21)13-4-2-1-3-5-13/h1-7,10,14,18,22H,8-9,11-12H2. The van der Waals surface area contributed by atoms with Gasteiger partial charge in [-0.25, -0.2) is 8.78 Å². The highest BCUT2D eigenvalue weighted by molar-refractivity contribution is 5.23. The predicted molar refractivity (Wildman–Crippen MR) is 81.6 cm³/mol. The summed E-state index contributed by atoms with van der Waals surface area (Å²) in [4.78, 5) is 2.10. The van der Waals surface area contributed by atoms with Gasteiger partial charge in [0, 0.05) is 18.7 Å². The molecule has 1 aliphatic rings. The van der Waals surface area contributed by atoms with Crippen LogP contribution in [0.3, 0.4) is 0 Å². The van der Waals surface area contributed by atoms with Gasteiger partial charge in [0.1, 0.15) is 11.6 Å². The van der Waals surface area contributed by atoms with Crippen molar-refractivity contribution < 1.29 is 13.9 Å². The van der Waals surface area contributed by atoms with Gasteiger partial charge in [0.05, 0.1) is 6.10 Å². The highest BCUT2D eigenvalue weighted by Gasteiger charge is 2.26. The first kappa shape index (κ1) is 15.1. The van der Waals surface area contributed by atoms with E-state index in [4.69, 9.17) is 0 Å². The highest BCUT2D eigenvalue weighted by atomic mass is 19.1. The molecule has 0 bridgehead atoms. The van der Waals surface area contributed by atoms with Crippen LogP contribution in [0.25, 0.3) is 0 Å². The van der Waals surface area contributed by atoms with Gasteiger partial charge in [0.2, 0.25) is 0 Å². The third-order valence-corrected chi connectivity index (χ3v) is 4.29. The van der Waals surface area contributed by atoms with Crippen LogP contribution < -0.4 is 0 Å². The molecule has 0 aromatic heterocycles. The van der Waals surface area contributed by atoms with Crippen molar-refractivity contribution in [2.75, 3.05) is 19.6 Å². The number of aliphatic hydroxyl groups excluding tert-OH is 1. The molecule has 1 saturated heterocycles. The minimum Gasteiger partial charge on any atom is -0.387 e. The first-order valence-electron chi connectivity index (χ1n) is 7.54. The minimum atomic E-state index is -1.01. The Labute approximate surface area is 129 Å². The molecular weight excluding hydrogens is 284 g/mol. The molecule has 2 nitrogen and oxygen atoms in total. The molecule has 2 unspecified atom stereocenters. The summed E-state index contributed by atoms with van der Waals surface area (Å²) in [7, 11) is 0. The lowest BCUT2D eigenvalue weighted by atomic mass is 9.99. The lowest BCUT2D eigenvalue weighted by Crippen LogP contribution is -2.26. The monoisotopic (exact) mass is 303 g/mol. The van der Waals surface area contributed by atoms with Gasteiger partial charge in [0.25, 0.3) is 0 Å². The SMILES string of the molecule is OC(CN1CCC(c2ccccc2)C1)c1cc(F)ccc1F. The van der Waals surface area contributed by atoms with Crippen LogP contribution in [-0.2, 0) is 0 Å². The van der Waals surface area contributed by atoms with Gasteiger partial charge in [0.15, 0.2) is 0 Å². The molecule has 0 aliphatic carbocycles. The number of nitrogens with zero attached hydrogens (tertiary/aromatic N) is 1. The number of β-amino-alcohol motifs (C(OH)–C–C–N with tert-alkyl or cyclic N) is 1. The summed E-state index contributed by atoms with van der Waals surface area (Å²) in [6.07, 6.45) is 0.00718. The van der Waals surface area contributed by atoms with Crippen molar-refractivity contribution in [3.63, 3.8) is 0 Å². The fourth-order valence-corrected chi connectivity index (χ4v) is 3.11. The Morgan fingerprint density at radius 3 is 2.68 bits per heavy atom. The van der Waals surface area contributed by atoms with Gasteiger partial charge in [-0.3, -0.25) is 4.90 Å². The molecule has 0 spiro atoms. The maximum absolute atomic E-state index is 13.7. The first-order valence-corrected chi connectivity index (χ1v) is 7.54. The van der Waals surface area contributed by atoms with E-state index >= 15 is 0 Å². The van der Waals surface area contributed by atoms with Gasteiger partial charge >= 0.3 is 0 Å². The Bertz CT molecular complexity index is 632. The van der Waals surface area contributed by atoms with E-state index in [0.29, 0.717) is 12.5 Å². The molecule has 4 heteroatoms. The fraction of sp³-hybridized carbons (Fsp3) is 0.333. The number of hydrogen-bond acceptors (Lipinski definition) is 2. The minimum absolute atomic E-state index is 0.0307. The predicted octanol–water partition coefficient (Wildman–Crippen LogP) is 3.49. The fourth-order valence-electron chi connectivity index (χ4n) is 3.11. The van der Waals surface area contributed by atoms with Crippen molar-refractivity contribution in [1.82, 2.24) is 4.90 Å².